The number of hydrogen-bond acceptors (Lipinski definition) is 3. The minimum atomic E-state index is -0.340. The summed E-state index contributed by atoms with van der Waals surface area (Å²) in [7, 11) is 1.36. The lowest BCUT2D eigenvalue weighted by Gasteiger charge is -2.19. The summed E-state index contributed by atoms with van der Waals surface area (Å²) in [4.78, 5) is 25.2. The lowest BCUT2D eigenvalue weighted by atomic mass is 10.1. The van der Waals surface area contributed by atoms with Gasteiger partial charge in [-0.25, -0.2) is 0 Å². The quantitative estimate of drug-likeness (QED) is 0.765. The fraction of sp³-hybridized carbons (Fsp3) is 0.429. The summed E-state index contributed by atoms with van der Waals surface area (Å²) in [5.74, 6) is -0.654. The molecule has 1 heterocycles. The summed E-state index contributed by atoms with van der Waals surface area (Å²) in [6.45, 7) is 2.47. The molecule has 4 heteroatoms. The van der Waals surface area contributed by atoms with Crippen molar-refractivity contribution >= 4 is 17.6 Å². The summed E-state index contributed by atoms with van der Waals surface area (Å²) in [6.07, 6.45) is 1.10. The minimum Gasteiger partial charge on any atom is -0.469 e. The van der Waals surface area contributed by atoms with Crippen LogP contribution in [0.4, 0.5) is 5.69 Å². The standard InChI is InChI=1S/C14H17NO3/c1-3-10-6-4-5-7-12(10)15-9-11(8-13(15)16)14(17)18-2/h4-7,11H,3,8-9H2,1-2H3. The van der Waals surface area contributed by atoms with Crippen LogP contribution in [0.2, 0.25) is 0 Å². The maximum absolute atomic E-state index is 12.0. The van der Waals surface area contributed by atoms with E-state index in [9.17, 15) is 9.59 Å². The Morgan fingerprint density at radius 1 is 1.44 bits per heavy atom. The first kappa shape index (κ1) is 12.6. The summed E-state index contributed by atoms with van der Waals surface area (Å²) < 4.78 is 4.71. The van der Waals surface area contributed by atoms with Crippen molar-refractivity contribution in [3.05, 3.63) is 29.8 Å². The van der Waals surface area contributed by atoms with Crippen molar-refractivity contribution in [1.29, 1.82) is 0 Å². The average Bonchev–Trinajstić information content (AvgIpc) is 2.79. The number of hydrogen-bond donors (Lipinski definition) is 0. The molecule has 0 bridgehead atoms. The molecule has 1 aliphatic heterocycles. The highest BCUT2D eigenvalue weighted by atomic mass is 16.5. The van der Waals surface area contributed by atoms with E-state index in [1.165, 1.54) is 7.11 Å². The number of carbonyl (C=O) groups is 2. The van der Waals surface area contributed by atoms with Crippen LogP contribution in [0.1, 0.15) is 18.9 Å². The van der Waals surface area contributed by atoms with E-state index >= 15 is 0 Å². The Hall–Kier alpha value is -1.84. The highest BCUT2D eigenvalue weighted by Crippen LogP contribution is 2.28. The van der Waals surface area contributed by atoms with E-state index in [-0.39, 0.29) is 24.2 Å². The van der Waals surface area contributed by atoms with Crippen molar-refractivity contribution in [2.75, 3.05) is 18.6 Å². The molecule has 1 saturated heterocycles. The maximum Gasteiger partial charge on any atom is 0.311 e. The van der Waals surface area contributed by atoms with E-state index in [0.29, 0.717) is 6.54 Å². The molecule has 0 N–H and O–H groups in total. The predicted molar refractivity (Wildman–Crippen MR) is 68.3 cm³/mol. The van der Waals surface area contributed by atoms with Gasteiger partial charge in [-0.15, -0.1) is 0 Å². The Balaban J connectivity index is 2.24. The number of para-hydroxylation sites is 1. The third-order valence-electron chi connectivity index (χ3n) is 3.32. The Kier molecular flexibility index (Phi) is 3.65. The Labute approximate surface area is 107 Å². The average molecular weight is 247 g/mol. The lowest BCUT2D eigenvalue weighted by molar-refractivity contribution is -0.145. The van der Waals surface area contributed by atoms with Crippen LogP contribution in [0.15, 0.2) is 24.3 Å². The van der Waals surface area contributed by atoms with Crippen LogP contribution in [0.5, 0.6) is 0 Å². The predicted octanol–water partition coefficient (Wildman–Crippen LogP) is 1.77. The third-order valence-corrected chi connectivity index (χ3v) is 3.32. The van der Waals surface area contributed by atoms with Crippen LogP contribution >= 0.6 is 0 Å². The van der Waals surface area contributed by atoms with Crippen LogP contribution < -0.4 is 4.90 Å². The maximum atomic E-state index is 12.0. The SMILES string of the molecule is CCc1ccccc1N1CC(C(=O)OC)CC1=O. The largest absolute Gasteiger partial charge is 0.469 e. The van der Waals surface area contributed by atoms with Crippen molar-refractivity contribution in [3.63, 3.8) is 0 Å². The molecule has 96 valence electrons. The number of esters is 1. The smallest absolute Gasteiger partial charge is 0.311 e. The van der Waals surface area contributed by atoms with Crippen molar-refractivity contribution in [2.45, 2.75) is 19.8 Å². The van der Waals surface area contributed by atoms with Gasteiger partial charge in [0.05, 0.1) is 13.0 Å². The van der Waals surface area contributed by atoms with E-state index in [4.69, 9.17) is 4.74 Å². The Bertz CT molecular complexity index is 470. The normalized spacial score (nSPS) is 19.1. The van der Waals surface area contributed by atoms with Gasteiger partial charge < -0.3 is 9.64 Å². The van der Waals surface area contributed by atoms with Gasteiger partial charge in [0.1, 0.15) is 0 Å². The molecule has 0 saturated carbocycles. The topological polar surface area (TPSA) is 46.6 Å². The molecular formula is C14H17NO3. The first-order valence-electron chi connectivity index (χ1n) is 6.13. The van der Waals surface area contributed by atoms with Crippen LogP contribution in [-0.2, 0) is 20.7 Å². The van der Waals surface area contributed by atoms with Crippen LogP contribution in [0.3, 0.4) is 0 Å². The number of benzene rings is 1. The van der Waals surface area contributed by atoms with Gasteiger partial charge in [-0.3, -0.25) is 9.59 Å². The zero-order valence-corrected chi connectivity index (χ0v) is 10.7. The molecule has 4 nitrogen and oxygen atoms in total. The number of carbonyl (C=O) groups excluding carboxylic acids is 2. The zero-order chi connectivity index (χ0) is 13.1. The van der Waals surface area contributed by atoms with Gasteiger partial charge in [-0.1, -0.05) is 25.1 Å². The fourth-order valence-corrected chi connectivity index (χ4v) is 2.34. The number of ether oxygens (including phenoxy) is 1. The molecule has 1 unspecified atom stereocenters. The van der Waals surface area contributed by atoms with E-state index < -0.39 is 0 Å². The number of rotatable bonds is 3. The molecule has 1 aliphatic rings. The summed E-state index contributed by atoms with van der Waals surface area (Å²) >= 11 is 0. The Morgan fingerprint density at radius 3 is 2.83 bits per heavy atom. The molecule has 0 spiro atoms. The fourth-order valence-electron chi connectivity index (χ4n) is 2.34. The minimum absolute atomic E-state index is 0.00806. The third kappa shape index (κ3) is 2.23. The van der Waals surface area contributed by atoms with Crippen molar-refractivity contribution < 1.29 is 14.3 Å². The number of anilines is 1. The molecule has 0 aromatic heterocycles. The first-order valence-corrected chi connectivity index (χ1v) is 6.13. The Morgan fingerprint density at radius 2 is 2.17 bits per heavy atom. The summed E-state index contributed by atoms with van der Waals surface area (Å²) in [5.41, 5.74) is 2.03. The highest BCUT2D eigenvalue weighted by Gasteiger charge is 2.36. The second-order valence-electron chi connectivity index (χ2n) is 4.41. The molecule has 18 heavy (non-hydrogen) atoms. The van der Waals surface area contributed by atoms with Gasteiger partial charge in [0, 0.05) is 18.7 Å². The van der Waals surface area contributed by atoms with E-state index in [1.807, 2.05) is 24.3 Å². The lowest BCUT2D eigenvalue weighted by Crippen LogP contribution is -2.27. The van der Waals surface area contributed by atoms with E-state index in [0.717, 1.165) is 17.7 Å². The van der Waals surface area contributed by atoms with Crippen LogP contribution in [0.25, 0.3) is 0 Å². The van der Waals surface area contributed by atoms with Crippen LogP contribution in [-0.4, -0.2) is 25.5 Å². The van der Waals surface area contributed by atoms with Gasteiger partial charge in [-0.05, 0) is 18.1 Å². The molecule has 1 fully saturated rings. The first-order chi connectivity index (χ1) is 8.67. The molecule has 1 atom stereocenters. The zero-order valence-electron chi connectivity index (χ0n) is 10.7. The molecule has 0 radical (unpaired) electrons. The van der Waals surface area contributed by atoms with Gasteiger partial charge in [0.25, 0.3) is 0 Å². The number of aryl methyl sites for hydroxylation is 1. The molecular weight excluding hydrogens is 230 g/mol. The van der Waals surface area contributed by atoms with Gasteiger partial charge >= 0.3 is 5.97 Å². The number of amides is 1. The van der Waals surface area contributed by atoms with E-state index in [2.05, 4.69) is 6.92 Å². The van der Waals surface area contributed by atoms with Gasteiger partial charge in [0.2, 0.25) is 5.91 Å². The molecule has 1 aromatic carbocycles. The molecule has 0 aliphatic carbocycles. The molecule has 1 aromatic rings. The van der Waals surface area contributed by atoms with Crippen LogP contribution in [0, 0.1) is 5.92 Å². The van der Waals surface area contributed by atoms with Crippen molar-refractivity contribution in [1.82, 2.24) is 0 Å². The van der Waals surface area contributed by atoms with Crippen molar-refractivity contribution in [2.24, 2.45) is 5.92 Å². The molecule has 2 rings (SSSR count). The number of nitrogens with zero attached hydrogens (tertiary/aromatic N) is 1. The summed E-state index contributed by atoms with van der Waals surface area (Å²) in [5, 5.41) is 0. The van der Waals surface area contributed by atoms with E-state index in [1.54, 1.807) is 4.90 Å². The van der Waals surface area contributed by atoms with Gasteiger partial charge in [0.15, 0.2) is 0 Å². The van der Waals surface area contributed by atoms with Crippen molar-refractivity contribution in [3.8, 4) is 0 Å². The number of methoxy groups -OCH3 is 1. The summed E-state index contributed by atoms with van der Waals surface area (Å²) in [6, 6.07) is 7.80. The monoisotopic (exact) mass is 247 g/mol. The second kappa shape index (κ2) is 5.21. The second-order valence-corrected chi connectivity index (χ2v) is 4.41. The highest BCUT2D eigenvalue weighted by molar-refractivity contribution is 6.00. The van der Waals surface area contributed by atoms with Gasteiger partial charge in [-0.2, -0.15) is 0 Å². The molecule has 1 amide bonds.